The molecule has 3 rings (SSSR count). The standard InChI is InChI=1S/C24H37FN4O3/c1-2-27-24(28-16-19(23(26)30)15-18-6-8-20(25)9-7-18)29-12-10-21(11-13-29)32-17-22-5-3-4-14-31-22/h6-9,19,21-22H,2-5,10-17H2,1H3,(H2,26,30)(H,27,28). The molecular formula is C24H37FN4O3. The summed E-state index contributed by atoms with van der Waals surface area (Å²) in [6, 6.07) is 6.16. The second-order valence-electron chi connectivity index (χ2n) is 8.63. The molecule has 2 fully saturated rings. The van der Waals surface area contributed by atoms with Crippen molar-refractivity contribution in [3.8, 4) is 0 Å². The van der Waals surface area contributed by atoms with Crippen LogP contribution in [0.2, 0.25) is 0 Å². The molecule has 2 aliphatic heterocycles. The number of benzene rings is 1. The number of hydrogen-bond donors (Lipinski definition) is 2. The summed E-state index contributed by atoms with van der Waals surface area (Å²) in [5.41, 5.74) is 6.49. The van der Waals surface area contributed by atoms with Crippen LogP contribution < -0.4 is 11.1 Å². The van der Waals surface area contributed by atoms with Crippen molar-refractivity contribution in [3.05, 3.63) is 35.6 Å². The summed E-state index contributed by atoms with van der Waals surface area (Å²) >= 11 is 0. The Labute approximate surface area is 190 Å². The van der Waals surface area contributed by atoms with Crippen molar-refractivity contribution >= 4 is 11.9 Å². The van der Waals surface area contributed by atoms with Gasteiger partial charge in [-0.1, -0.05) is 12.1 Å². The Bertz CT molecular complexity index is 729. The van der Waals surface area contributed by atoms with Gasteiger partial charge in [-0.15, -0.1) is 0 Å². The summed E-state index contributed by atoms with van der Waals surface area (Å²) < 4.78 is 25.0. The molecule has 1 aromatic rings. The fraction of sp³-hybridized carbons (Fsp3) is 0.667. The number of nitrogens with two attached hydrogens (primary N) is 1. The van der Waals surface area contributed by atoms with Crippen LogP contribution in [-0.2, 0) is 20.7 Å². The summed E-state index contributed by atoms with van der Waals surface area (Å²) in [6.45, 7) is 6.30. The maximum atomic E-state index is 13.2. The van der Waals surface area contributed by atoms with Gasteiger partial charge in [0.2, 0.25) is 5.91 Å². The van der Waals surface area contributed by atoms with E-state index in [1.54, 1.807) is 12.1 Å². The van der Waals surface area contributed by atoms with Gasteiger partial charge in [0.05, 0.1) is 31.3 Å². The van der Waals surface area contributed by atoms with Gasteiger partial charge in [0.1, 0.15) is 5.82 Å². The molecule has 2 saturated heterocycles. The van der Waals surface area contributed by atoms with Gasteiger partial charge < -0.3 is 25.4 Å². The molecular weight excluding hydrogens is 411 g/mol. The number of amides is 1. The molecule has 7 nitrogen and oxygen atoms in total. The maximum absolute atomic E-state index is 13.2. The monoisotopic (exact) mass is 448 g/mol. The van der Waals surface area contributed by atoms with Crippen molar-refractivity contribution in [2.75, 3.05) is 39.4 Å². The van der Waals surface area contributed by atoms with E-state index in [0.717, 1.165) is 63.4 Å². The minimum atomic E-state index is -0.439. The number of halogens is 1. The third kappa shape index (κ3) is 7.74. The zero-order valence-corrected chi connectivity index (χ0v) is 19.1. The molecule has 32 heavy (non-hydrogen) atoms. The molecule has 0 bridgehead atoms. The van der Waals surface area contributed by atoms with Gasteiger partial charge in [-0.2, -0.15) is 0 Å². The van der Waals surface area contributed by atoms with Crippen LogP contribution in [0, 0.1) is 11.7 Å². The van der Waals surface area contributed by atoms with E-state index in [-0.39, 0.29) is 18.0 Å². The summed E-state index contributed by atoms with van der Waals surface area (Å²) in [6.07, 6.45) is 6.28. The molecule has 0 aliphatic carbocycles. The number of aliphatic imine (C=N–C) groups is 1. The third-order valence-electron chi connectivity index (χ3n) is 6.13. The average Bonchev–Trinajstić information content (AvgIpc) is 2.81. The minimum Gasteiger partial charge on any atom is -0.376 e. The van der Waals surface area contributed by atoms with E-state index >= 15 is 0 Å². The van der Waals surface area contributed by atoms with Crippen LogP contribution in [0.15, 0.2) is 29.3 Å². The lowest BCUT2D eigenvalue weighted by atomic mass is 9.99. The number of primary amides is 1. The van der Waals surface area contributed by atoms with Gasteiger partial charge in [0.15, 0.2) is 5.96 Å². The zero-order chi connectivity index (χ0) is 22.8. The Balaban J connectivity index is 1.50. The van der Waals surface area contributed by atoms with Gasteiger partial charge in [0.25, 0.3) is 0 Å². The molecule has 1 amide bonds. The fourth-order valence-electron chi connectivity index (χ4n) is 4.20. The van der Waals surface area contributed by atoms with Crippen LogP contribution in [0.5, 0.6) is 0 Å². The van der Waals surface area contributed by atoms with Crippen molar-refractivity contribution in [2.24, 2.45) is 16.6 Å². The van der Waals surface area contributed by atoms with Crippen LogP contribution in [0.4, 0.5) is 4.39 Å². The van der Waals surface area contributed by atoms with Crippen LogP contribution in [0.1, 0.15) is 44.6 Å². The average molecular weight is 449 g/mol. The predicted octanol–water partition coefficient (Wildman–Crippen LogP) is 2.49. The number of hydrogen-bond acceptors (Lipinski definition) is 4. The molecule has 2 atom stereocenters. The highest BCUT2D eigenvalue weighted by Crippen LogP contribution is 2.18. The fourth-order valence-corrected chi connectivity index (χ4v) is 4.20. The molecule has 8 heteroatoms. The number of ether oxygens (including phenoxy) is 2. The first-order valence-corrected chi connectivity index (χ1v) is 11.9. The molecule has 0 saturated carbocycles. The smallest absolute Gasteiger partial charge is 0.222 e. The summed E-state index contributed by atoms with van der Waals surface area (Å²) in [4.78, 5) is 18.9. The summed E-state index contributed by atoms with van der Waals surface area (Å²) in [5.74, 6) is -0.334. The highest BCUT2D eigenvalue weighted by Gasteiger charge is 2.24. The number of likely N-dealkylation sites (tertiary alicyclic amines) is 1. The van der Waals surface area contributed by atoms with Crippen molar-refractivity contribution in [1.82, 2.24) is 10.2 Å². The number of nitrogens with zero attached hydrogens (tertiary/aromatic N) is 2. The van der Waals surface area contributed by atoms with Gasteiger partial charge in [0, 0.05) is 26.2 Å². The van der Waals surface area contributed by atoms with E-state index in [1.165, 1.54) is 18.6 Å². The SMILES string of the molecule is CCNC(=NCC(Cc1ccc(F)cc1)C(N)=O)N1CCC(OCC2CCCCO2)CC1. The molecule has 0 radical (unpaired) electrons. The largest absolute Gasteiger partial charge is 0.376 e. The van der Waals surface area contributed by atoms with Gasteiger partial charge >= 0.3 is 0 Å². The maximum Gasteiger partial charge on any atom is 0.222 e. The number of rotatable bonds is 9. The number of carbonyl (C=O) groups is 1. The second-order valence-corrected chi connectivity index (χ2v) is 8.63. The zero-order valence-electron chi connectivity index (χ0n) is 19.1. The van der Waals surface area contributed by atoms with E-state index in [0.29, 0.717) is 19.6 Å². The lowest BCUT2D eigenvalue weighted by Crippen LogP contribution is -2.47. The third-order valence-corrected chi connectivity index (χ3v) is 6.13. The second kappa shape index (κ2) is 12.7. The predicted molar refractivity (Wildman–Crippen MR) is 123 cm³/mol. The van der Waals surface area contributed by atoms with E-state index in [1.807, 2.05) is 6.92 Å². The van der Waals surface area contributed by atoms with Crippen LogP contribution >= 0.6 is 0 Å². The Morgan fingerprint density at radius 1 is 1.28 bits per heavy atom. The summed E-state index contributed by atoms with van der Waals surface area (Å²) in [7, 11) is 0. The molecule has 2 aliphatic rings. The van der Waals surface area contributed by atoms with Crippen LogP contribution in [0.3, 0.4) is 0 Å². The number of piperidine rings is 1. The molecule has 3 N–H and O–H groups in total. The van der Waals surface area contributed by atoms with E-state index < -0.39 is 11.8 Å². The van der Waals surface area contributed by atoms with E-state index in [2.05, 4.69) is 10.2 Å². The Morgan fingerprint density at radius 3 is 2.66 bits per heavy atom. The lowest BCUT2D eigenvalue weighted by Gasteiger charge is -2.35. The van der Waals surface area contributed by atoms with Crippen molar-refractivity contribution in [2.45, 2.75) is 57.7 Å². The number of carbonyl (C=O) groups excluding carboxylic acids is 1. The molecule has 178 valence electrons. The Morgan fingerprint density at radius 2 is 2.03 bits per heavy atom. The van der Waals surface area contributed by atoms with E-state index in [4.69, 9.17) is 20.2 Å². The molecule has 0 aromatic heterocycles. The van der Waals surface area contributed by atoms with Gasteiger partial charge in [-0.25, -0.2) is 4.39 Å². The highest BCUT2D eigenvalue weighted by molar-refractivity contribution is 5.81. The molecule has 2 heterocycles. The summed E-state index contributed by atoms with van der Waals surface area (Å²) in [5, 5.41) is 3.33. The quantitative estimate of drug-likeness (QED) is 0.448. The first-order valence-electron chi connectivity index (χ1n) is 11.9. The normalized spacial score (nSPS) is 21.4. The number of nitrogens with one attached hydrogen (secondary N) is 1. The van der Waals surface area contributed by atoms with E-state index in [9.17, 15) is 9.18 Å². The first-order chi connectivity index (χ1) is 15.5. The topological polar surface area (TPSA) is 89.2 Å². The van der Waals surface area contributed by atoms with Crippen LogP contribution in [-0.4, -0.2) is 68.4 Å². The minimum absolute atomic E-state index is 0.243. The number of guanidine groups is 1. The lowest BCUT2D eigenvalue weighted by molar-refractivity contribution is -0.121. The van der Waals surface area contributed by atoms with Crippen molar-refractivity contribution in [1.29, 1.82) is 0 Å². The molecule has 2 unspecified atom stereocenters. The molecule has 0 spiro atoms. The van der Waals surface area contributed by atoms with Crippen molar-refractivity contribution < 1.29 is 18.7 Å². The Hall–Kier alpha value is -2.19. The van der Waals surface area contributed by atoms with Crippen LogP contribution in [0.25, 0.3) is 0 Å². The first kappa shape index (κ1) is 24.5. The van der Waals surface area contributed by atoms with Crippen molar-refractivity contribution in [3.63, 3.8) is 0 Å². The highest BCUT2D eigenvalue weighted by atomic mass is 19.1. The molecule has 1 aromatic carbocycles. The Kier molecular flexibility index (Phi) is 9.74. The van der Waals surface area contributed by atoms with Gasteiger partial charge in [-0.3, -0.25) is 9.79 Å². The van der Waals surface area contributed by atoms with Gasteiger partial charge in [-0.05, 0) is 63.1 Å².